The predicted molar refractivity (Wildman–Crippen MR) is 81.9 cm³/mol. The van der Waals surface area contributed by atoms with Crippen molar-refractivity contribution in [2.45, 2.75) is 0 Å². The number of hydrogen-bond donors (Lipinski definition) is 1. The van der Waals surface area contributed by atoms with E-state index in [0.29, 0.717) is 32.0 Å². The quantitative estimate of drug-likeness (QED) is 0.707. The van der Waals surface area contributed by atoms with Gasteiger partial charge in [0, 0.05) is 10.6 Å². The summed E-state index contributed by atoms with van der Waals surface area (Å²) in [6.45, 7) is 0. The molecule has 0 atom stereocenters. The molecule has 0 fully saturated rings. The second kappa shape index (κ2) is 5.56. The largest absolute Gasteiger partial charge is 0.507 e. The molecule has 0 aliphatic rings. The third kappa shape index (κ3) is 2.83. The first-order valence-electron chi connectivity index (χ1n) is 5.82. The van der Waals surface area contributed by atoms with Gasteiger partial charge in [-0.15, -0.1) is 0 Å². The Labute approximate surface area is 134 Å². The maximum absolute atomic E-state index is 9.82. The standard InChI is InChI=1S/C14H7Cl3N2O2/c15-8-2-4-12(20)9(6-8)14-18-13(19-21-14)7-1-3-10(16)11(17)5-7/h1-6,20H. The van der Waals surface area contributed by atoms with Crippen LogP contribution in [0.1, 0.15) is 0 Å². The first kappa shape index (κ1) is 14.2. The van der Waals surface area contributed by atoms with Gasteiger partial charge in [-0.2, -0.15) is 4.98 Å². The number of rotatable bonds is 2. The number of nitrogens with zero attached hydrogens (tertiary/aromatic N) is 2. The van der Waals surface area contributed by atoms with Crippen LogP contribution in [0.25, 0.3) is 22.8 Å². The normalized spacial score (nSPS) is 10.8. The minimum atomic E-state index is 0.00346. The molecule has 0 radical (unpaired) electrons. The van der Waals surface area contributed by atoms with E-state index in [1.54, 1.807) is 30.3 Å². The van der Waals surface area contributed by atoms with Crippen LogP contribution in [0, 0.1) is 0 Å². The summed E-state index contributed by atoms with van der Waals surface area (Å²) in [5, 5.41) is 15.0. The van der Waals surface area contributed by atoms with E-state index in [-0.39, 0.29) is 11.6 Å². The van der Waals surface area contributed by atoms with Crippen LogP contribution >= 0.6 is 34.8 Å². The monoisotopic (exact) mass is 340 g/mol. The van der Waals surface area contributed by atoms with Gasteiger partial charge in [0.25, 0.3) is 5.89 Å². The van der Waals surface area contributed by atoms with E-state index in [1.165, 1.54) is 6.07 Å². The Bertz CT molecular complexity index is 818. The third-order valence-corrected chi connectivity index (χ3v) is 3.77. The first-order valence-corrected chi connectivity index (χ1v) is 6.96. The zero-order valence-electron chi connectivity index (χ0n) is 10.3. The number of benzene rings is 2. The summed E-state index contributed by atoms with van der Waals surface area (Å²) in [6, 6.07) is 9.57. The molecule has 0 saturated carbocycles. The maximum atomic E-state index is 9.82. The van der Waals surface area contributed by atoms with E-state index in [9.17, 15) is 5.11 Å². The van der Waals surface area contributed by atoms with Crippen molar-refractivity contribution >= 4 is 34.8 Å². The molecule has 21 heavy (non-hydrogen) atoms. The summed E-state index contributed by atoms with van der Waals surface area (Å²) in [6.07, 6.45) is 0. The van der Waals surface area contributed by atoms with Gasteiger partial charge < -0.3 is 9.63 Å². The van der Waals surface area contributed by atoms with Crippen molar-refractivity contribution in [3.05, 3.63) is 51.5 Å². The van der Waals surface area contributed by atoms with E-state index in [0.717, 1.165) is 0 Å². The zero-order chi connectivity index (χ0) is 15.0. The average molecular weight is 342 g/mol. The zero-order valence-corrected chi connectivity index (χ0v) is 12.6. The third-order valence-electron chi connectivity index (χ3n) is 2.79. The summed E-state index contributed by atoms with van der Waals surface area (Å²) in [5.41, 5.74) is 1.02. The highest BCUT2D eigenvalue weighted by molar-refractivity contribution is 6.42. The second-order valence-corrected chi connectivity index (χ2v) is 5.46. The van der Waals surface area contributed by atoms with Crippen LogP contribution in [0.15, 0.2) is 40.9 Å². The van der Waals surface area contributed by atoms with Gasteiger partial charge in [-0.3, -0.25) is 0 Å². The number of aromatic nitrogens is 2. The maximum Gasteiger partial charge on any atom is 0.262 e. The predicted octanol–water partition coefficient (Wildman–Crippen LogP) is 5.07. The molecule has 0 aliphatic carbocycles. The number of phenols is 1. The SMILES string of the molecule is Oc1ccc(Cl)cc1-c1nc(-c2ccc(Cl)c(Cl)c2)no1. The Morgan fingerprint density at radius 3 is 2.52 bits per heavy atom. The van der Waals surface area contributed by atoms with Crippen LogP contribution in [0.2, 0.25) is 15.1 Å². The summed E-state index contributed by atoms with van der Waals surface area (Å²) in [4.78, 5) is 4.23. The lowest BCUT2D eigenvalue weighted by Crippen LogP contribution is -1.82. The van der Waals surface area contributed by atoms with Crippen LogP contribution in [0.5, 0.6) is 5.75 Å². The van der Waals surface area contributed by atoms with Crippen molar-refractivity contribution in [1.29, 1.82) is 0 Å². The number of aromatic hydroxyl groups is 1. The Hall–Kier alpha value is -1.75. The summed E-state index contributed by atoms with van der Waals surface area (Å²) in [5.74, 6) is 0.503. The van der Waals surface area contributed by atoms with E-state index in [2.05, 4.69) is 10.1 Å². The van der Waals surface area contributed by atoms with Gasteiger partial charge in [0.2, 0.25) is 5.82 Å². The van der Waals surface area contributed by atoms with E-state index >= 15 is 0 Å². The fourth-order valence-electron chi connectivity index (χ4n) is 1.76. The Kier molecular flexibility index (Phi) is 3.76. The second-order valence-electron chi connectivity index (χ2n) is 4.21. The highest BCUT2D eigenvalue weighted by atomic mass is 35.5. The van der Waals surface area contributed by atoms with Crippen molar-refractivity contribution in [3.63, 3.8) is 0 Å². The molecule has 2 aromatic carbocycles. The average Bonchev–Trinajstić information content (AvgIpc) is 2.94. The van der Waals surface area contributed by atoms with Gasteiger partial charge in [-0.1, -0.05) is 40.0 Å². The van der Waals surface area contributed by atoms with Crippen LogP contribution in [-0.2, 0) is 0 Å². The molecule has 1 aromatic heterocycles. The van der Waals surface area contributed by atoms with Crippen molar-refractivity contribution in [2.24, 2.45) is 0 Å². The van der Waals surface area contributed by atoms with Gasteiger partial charge in [0.05, 0.1) is 15.6 Å². The van der Waals surface area contributed by atoms with Crippen LogP contribution in [0.4, 0.5) is 0 Å². The van der Waals surface area contributed by atoms with Crippen molar-refractivity contribution in [3.8, 4) is 28.6 Å². The van der Waals surface area contributed by atoms with Crippen molar-refractivity contribution in [2.75, 3.05) is 0 Å². The van der Waals surface area contributed by atoms with E-state index < -0.39 is 0 Å². The van der Waals surface area contributed by atoms with Crippen molar-refractivity contribution in [1.82, 2.24) is 10.1 Å². The van der Waals surface area contributed by atoms with Gasteiger partial charge in [-0.25, -0.2) is 0 Å². The molecular formula is C14H7Cl3N2O2. The lowest BCUT2D eigenvalue weighted by atomic mass is 10.2. The molecule has 0 bridgehead atoms. The fourth-order valence-corrected chi connectivity index (χ4v) is 2.24. The molecule has 0 spiro atoms. The number of phenolic OH excluding ortho intramolecular Hbond substituents is 1. The number of hydrogen-bond acceptors (Lipinski definition) is 4. The van der Waals surface area contributed by atoms with Gasteiger partial charge in [0.1, 0.15) is 5.75 Å². The lowest BCUT2D eigenvalue weighted by molar-refractivity contribution is 0.426. The fraction of sp³-hybridized carbons (Fsp3) is 0. The smallest absolute Gasteiger partial charge is 0.262 e. The highest BCUT2D eigenvalue weighted by Gasteiger charge is 2.15. The molecule has 4 nitrogen and oxygen atoms in total. The molecular weight excluding hydrogens is 335 g/mol. The number of halogens is 3. The molecule has 0 amide bonds. The first-order chi connectivity index (χ1) is 10.0. The summed E-state index contributed by atoms with van der Waals surface area (Å²) >= 11 is 17.7. The molecule has 106 valence electrons. The summed E-state index contributed by atoms with van der Waals surface area (Å²) in [7, 11) is 0. The molecule has 3 aromatic rings. The molecule has 7 heteroatoms. The lowest BCUT2D eigenvalue weighted by Gasteiger charge is -1.99. The summed E-state index contributed by atoms with van der Waals surface area (Å²) < 4.78 is 5.16. The highest BCUT2D eigenvalue weighted by Crippen LogP contribution is 2.33. The Morgan fingerprint density at radius 1 is 0.952 bits per heavy atom. The van der Waals surface area contributed by atoms with Gasteiger partial charge in [-0.05, 0) is 36.4 Å². The topological polar surface area (TPSA) is 59.2 Å². The van der Waals surface area contributed by atoms with E-state index in [1.807, 2.05) is 0 Å². The van der Waals surface area contributed by atoms with E-state index in [4.69, 9.17) is 39.3 Å². The van der Waals surface area contributed by atoms with Crippen LogP contribution in [0.3, 0.4) is 0 Å². The molecule has 3 rings (SSSR count). The van der Waals surface area contributed by atoms with Crippen LogP contribution in [-0.4, -0.2) is 15.2 Å². The molecule has 1 heterocycles. The van der Waals surface area contributed by atoms with Gasteiger partial charge in [0.15, 0.2) is 0 Å². The van der Waals surface area contributed by atoms with Gasteiger partial charge >= 0.3 is 0 Å². The van der Waals surface area contributed by atoms with Crippen molar-refractivity contribution < 1.29 is 9.63 Å². The molecule has 0 aliphatic heterocycles. The minimum Gasteiger partial charge on any atom is -0.507 e. The Balaban J connectivity index is 2.03. The minimum absolute atomic E-state index is 0.00346. The molecule has 1 N–H and O–H groups in total. The molecule has 0 unspecified atom stereocenters. The Morgan fingerprint density at radius 2 is 1.76 bits per heavy atom. The molecule has 0 saturated heterocycles. The van der Waals surface area contributed by atoms with Crippen LogP contribution < -0.4 is 0 Å².